The number of nitrogens with zero attached hydrogens (tertiary/aromatic N) is 2. The second-order valence-electron chi connectivity index (χ2n) is 7.37. The van der Waals surface area contributed by atoms with Gasteiger partial charge in [0.2, 0.25) is 0 Å². The molecule has 1 aromatic heterocycles. The zero-order chi connectivity index (χ0) is 23.0. The van der Waals surface area contributed by atoms with Gasteiger partial charge in [0.05, 0.1) is 17.0 Å². The fourth-order valence-corrected chi connectivity index (χ4v) is 4.49. The molecule has 0 saturated carbocycles. The fourth-order valence-electron chi connectivity index (χ4n) is 3.66. The van der Waals surface area contributed by atoms with E-state index in [1.807, 2.05) is 24.5 Å². The molecule has 0 aliphatic carbocycles. The maximum absolute atomic E-state index is 14.0. The van der Waals surface area contributed by atoms with Gasteiger partial charge in [-0.2, -0.15) is 0 Å². The Morgan fingerprint density at radius 2 is 1.78 bits per heavy atom. The van der Waals surface area contributed by atoms with E-state index in [2.05, 4.69) is 0 Å². The SMILES string of the molecule is Cc1cc(/C=C2\SC(=O)N(Cc3ccccc3F)C2=O)c(C)n1-c1ccc(C(=O)O)cc1. The van der Waals surface area contributed by atoms with Crippen molar-refractivity contribution in [3.8, 4) is 5.69 Å². The van der Waals surface area contributed by atoms with Crippen molar-refractivity contribution >= 4 is 35.0 Å². The maximum atomic E-state index is 14.0. The van der Waals surface area contributed by atoms with Crippen LogP contribution >= 0.6 is 11.8 Å². The monoisotopic (exact) mass is 450 g/mol. The first-order valence-electron chi connectivity index (χ1n) is 9.77. The Hall–Kier alpha value is -3.65. The number of thioether (sulfide) groups is 1. The van der Waals surface area contributed by atoms with Crippen LogP contribution in [0.2, 0.25) is 0 Å². The number of aryl methyl sites for hydroxylation is 1. The van der Waals surface area contributed by atoms with Gasteiger partial charge in [-0.3, -0.25) is 14.5 Å². The van der Waals surface area contributed by atoms with Crippen molar-refractivity contribution in [2.75, 3.05) is 0 Å². The average Bonchev–Trinajstić information content (AvgIpc) is 3.19. The van der Waals surface area contributed by atoms with E-state index < -0.39 is 22.9 Å². The van der Waals surface area contributed by atoms with Crippen LogP contribution in [0, 0.1) is 19.7 Å². The molecule has 3 aromatic rings. The second kappa shape index (κ2) is 8.47. The topological polar surface area (TPSA) is 79.6 Å². The molecule has 1 N–H and O–H groups in total. The van der Waals surface area contributed by atoms with Crippen LogP contribution in [0.5, 0.6) is 0 Å². The third kappa shape index (κ3) is 3.97. The lowest BCUT2D eigenvalue weighted by atomic mass is 10.2. The third-order valence-electron chi connectivity index (χ3n) is 5.29. The number of carboxylic acid groups (broad SMARTS) is 1. The largest absolute Gasteiger partial charge is 0.478 e. The van der Waals surface area contributed by atoms with Crippen LogP contribution in [-0.2, 0) is 11.3 Å². The number of carbonyl (C=O) groups is 3. The van der Waals surface area contributed by atoms with Crippen molar-refractivity contribution in [1.29, 1.82) is 0 Å². The Labute approximate surface area is 188 Å². The van der Waals surface area contributed by atoms with Crippen LogP contribution < -0.4 is 0 Å². The van der Waals surface area contributed by atoms with E-state index in [9.17, 15) is 18.8 Å². The summed E-state index contributed by atoms with van der Waals surface area (Å²) in [7, 11) is 0. The summed E-state index contributed by atoms with van der Waals surface area (Å²) < 4.78 is 15.9. The van der Waals surface area contributed by atoms with Crippen LogP contribution in [0.15, 0.2) is 59.5 Å². The summed E-state index contributed by atoms with van der Waals surface area (Å²) in [4.78, 5) is 37.7. The molecule has 0 radical (unpaired) electrons. The van der Waals surface area contributed by atoms with E-state index >= 15 is 0 Å². The highest BCUT2D eigenvalue weighted by molar-refractivity contribution is 8.18. The third-order valence-corrected chi connectivity index (χ3v) is 6.20. The fraction of sp³-hybridized carbons (Fsp3) is 0.125. The highest BCUT2D eigenvalue weighted by Gasteiger charge is 2.35. The van der Waals surface area contributed by atoms with Crippen molar-refractivity contribution in [1.82, 2.24) is 9.47 Å². The molecule has 2 amide bonds. The molecule has 162 valence electrons. The minimum absolute atomic E-state index is 0.121. The second-order valence-corrected chi connectivity index (χ2v) is 8.37. The first kappa shape index (κ1) is 21.6. The quantitative estimate of drug-likeness (QED) is 0.543. The highest BCUT2D eigenvalue weighted by Crippen LogP contribution is 2.35. The van der Waals surface area contributed by atoms with Gasteiger partial charge < -0.3 is 9.67 Å². The average molecular weight is 450 g/mol. The van der Waals surface area contributed by atoms with Crippen molar-refractivity contribution in [3.05, 3.63) is 93.4 Å². The van der Waals surface area contributed by atoms with Gasteiger partial charge in [0.15, 0.2) is 0 Å². The van der Waals surface area contributed by atoms with E-state index in [1.54, 1.807) is 36.4 Å². The Kier molecular flexibility index (Phi) is 5.71. The number of imide groups is 1. The molecule has 1 saturated heterocycles. The van der Waals surface area contributed by atoms with Crippen molar-refractivity contribution in [2.45, 2.75) is 20.4 Å². The molecule has 1 fully saturated rings. The Bertz CT molecular complexity index is 1280. The number of aromatic nitrogens is 1. The lowest BCUT2D eigenvalue weighted by molar-refractivity contribution is -0.123. The first-order chi connectivity index (χ1) is 15.3. The number of amides is 2. The van der Waals surface area contributed by atoms with Crippen LogP contribution in [-0.4, -0.2) is 31.7 Å². The summed E-state index contributed by atoms with van der Waals surface area (Å²) in [5.74, 6) is -1.92. The van der Waals surface area contributed by atoms with E-state index in [0.717, 1.165) is 39.3 Å². The van der Waals surface area contributed by atoms with E-state index in [0.29, 0.717) is 0 Å². The molecule has 1 aliphatic heterocycles. The number of hydrogen-bond donors (Lipinski definition) is 1. The van der Waals surface area contributed by atoms with E-state index in [1.165, 1.54) is 18.2 Å². The maximum Gasteiger partial charge on any atom is 0.335 e. The van der Waals surface area contributed by atoms with Gasteiger partial charge in [-0.15, -0.1) is 0 Å². The van der Waals surface area contributed by atoms with Gasteiger partial charge in [-0.05, 0) is 73.6 Å². The van der Waals surface area contributed by atoms with Crippen LogP contribution in [0.25, 0.3) is 11.8 Å². The molecule has 0 spiro atoms. The first-order valence-corrected chi connectivity index (χ1v) is 10.6. The lowest BCUT2D eigenvalue weighted by Crippen LogP contribution is -2.27. The molecule has 2 aromatic carbocycles. The van der Waals surface area contributed by atoms with Crippen molar-refractivity contribution < 1.29 is 23.9 Å². The molecular weight excluding hydrogens is 431 g/mol. The molecule has 1 aliphatic rings. The van der Waals surface area contributed by atoms with Crippen molar-refractivity contribution in [2.24, 2.45) is 0 Å². The molecule has 2 heterocycles. The summed E-state index contributed by atoms with van der Waals surface area (Å²) in [6.07, 6.45) is 1.66. The van der Waals surface area contributed by atoms with E-state index in [4.69, 9.17) is 5.11 Å². The number of rotatable bonds is 5. The highest BCUT2D eigenvalue weighted by atomic mass is 32.2. The zero-order valence-electron chi connectivity index (χ0n) is 17.3. The van der Waals surface area contributed by atoms with Gasteiger partial charge in [0, 0.05) is 22.6 Å². The molecule has 4 rings (SSSR count). The van der Waals surface area contributed by atoms with Crippen LogP contribution in [0.1, 0.15) is 32.9 Å². The number of aromatic carboxylic acids is 1. The molecular formula is C24H19FN2O4S. The summed E-state index contributed by atoms with van der Waals surface area (Å²) >= 11 is 0.828. The van der Waals surface area contributed by atoms with E-state index in [-0.39, 0.29) is 22.6 Å². The predicted molar refractivity (Wildman–Crippen MR) is 120 cm³/mol. The summed E-state index contributed by atoms with van der Waals surface area (Å²) in [5.41, 5.74) is 3.76. The molecule has 8 heteroatoms. The normalized spacial score (nSPS) is 15.1. The predicted octanol–water partition coefficient (Wildman–Crippen LogP) is 5.17. The van der Waals surface area contributed by atoms with Gasteiger partial charge in [0.1, 0.15) is 5.82 Å². The minimum Gasteiger partial charge on any atom is -0.478 e. The Balaban J connectivity index is 1.62. The number of benzene rings is 2. The standard InChI is InChI=1S/C24H19FN2O4S/c1-14-11-18(15(2)27(14)19-9-7-16(8-10-19)23(29)30)12-21-22(28)26(24(31)32-21)13-17-5-3-4-6-20(17)25/h3-12H,13H2,1-2H3,(H,29,30)/b21-12-. The van der Waals surface area contributed by atoms with Crippen molar-refractivity contribution in [3.63, 3.8) is 0 Å². The zero-order valence-corrected chi connectivity index (χ0v) is 18.1. The summed E-state index contributed by atoms with van der Waals surface area (Å²) in [5, 5.41) is 8.65. The molecule has 0 bridgehead atoms. The molecule has 6 nitrogen and oxygen atoms in total. The smallest absolute Gasteiger partial charge is 0.335 e. The Morgan fingerprint density at radius 1 is 1.09 bits per heavy atom. The van der Waals surface area contributed by atoms with Gasteiger partial charge in [0.25, 0.3) is 11.1 Å². The summed E-state index contributed by atoms with van der Waals surface area (Å²) in [6, 6.07) is 14.4. The lowest BCUT2D eigenvalue weighted by Gasteiger charge is -2.12. The number of halogens is 1. The number of hydrogen-bond acceptors (Lipinski definition) is 4. The van der Waals surface area contributed by atoms with Crippen LogP contribution in [0.3, 0.4) is 0 Å². The number of carbonyl (C=O) groups excluding carboxylic acids is 2. The molecule has 32 heavy (non-hydrogen) atoms. The molecule has 0 atom stereocenters. The summed E-state index contributed by atoms with van der Waals surface area (Å²) in [6.45, 7) is 3.66. The van der Waals surface area contributed by atoms with Crippen LogP contribution in [0.4, 0.5) is 9.18 Å². The number of carboxylic acids is 1. The van der Waals surface area contributed by atoms with Gasteiger partial charge >= 0.3 is 5.97 Å². The molecule has 0 unspecified atom stereocenters. The van der Waals surface area contributed by atoms with Gasteiger partial charge in [-0.25, -0.2) is 9.18 Å². The van der Waals surface area contributed by atoms with Gasteiger partial charge in [-0.1, -0.05) is 18.2 Å². The minimum atomic E-state index is -0.996. The Morgan fingerprint density at radius 3 is 2.44 bits per heavy atom.